The number of hydrogen-bond acceptors (Lipinski definition) is 4. The molecule has 1 unspecified atom stereocenters. The first-order chi connectivity index (χ1) is 9.00. The number of carbonyl (C=O) groups excluding carboxylic acids is 1. The molecule has 0 radical (unpaired) electrons. The minimum absolute atomic E-state index is 0.218. The Morgan fingerprint density at radius 1 is 1.26 bits per heavy atom. The molecule has 1 rings (SSSR count). The topological polar surface area (TPSA) is 56.8 Å². The lowest BCUT2D eigenvalue weighted by Gasteiger charge is -2.25. The molecule has 1 atom stereocenters. The van der Waals surface area contributed by atoms with Crippen LogP contribution in [0.2, 0.25) is 0 Å². The standard InChI is InChI=1S/C14H21NO4/c1-6-14(2,19-5)13(16)15-11-9-10(17-3)7-8-12(11)18-4/h7-9H,6H2,1-5H3,(H,15,16). The Balaban J connectivity index is 3.01. The van der Waals surface area contributed by atoms with Crippen LogP contribution in [0.4, 0.5) is 5.69 Å². The Hall–Kier alpha value is -1.75. The van der Waals surface area contributed by atoms with Crippen LogP contribution in [0.1, 0.15) is 20.3 Å². The van der Waals surface area contributed by atoms with Gasteiger partial charge in [0.15, 0.2) is 0 Å². The molecule has 0 aromatic heterocycles. The normalized spacial score (nSPS) is 13.5. The largest absolute Gasteiger partial charge is 0.497 e. The lowest BCUT2D eigenvalue weighted by molar-refractivity contribution is -0.136. The van der Waals surface area contributed by atoms with Crippen LogP contribution in [-0.4, -0.2) is 32.8 Å². The van der Waals surface area contributed by atoms with E-state index in [1.807, 2.05) is 6.92 Å². The number of rotatable bonds is 6. The van der Waals surface area contributed by atoms with E-state index in [0.29, 0.717) is 23.6 Å². The Bertz CT molecular complexity index is 441. The van der Waals surface area contributed by atoms with Gasteiger partial charge >= 0.3 is 0 Å². The van der Waals surface area contributed by atoms with Gasteiger partial charge in [-0.05, 0) is 25.5 Å². The van der Waals surface area contributed by atoms with Gasteiger partial charge in [0.2, 0.25) is 0 Å². The maximum Gasteiger partial charge on any atom is 0.256 e. The Morgan fingerprint density at radius 2 is 1.95 bits per heavy atom. The zero-order valence-electron chi connectivity index (χ0n) is 12.1. The van der Waals surface area contributed by atoms with Crippen LogP contribution < -0.4 is 14.8 Å². The molecule has 5 heteroatoms. The third-order valence-corrected chi connectivity index (χ3v) is 3.26. The van der Waals surface area contributed by atoms with E-state index in [2.05, 4.69) is 5.32 Å². The fourth-order valence-corrected chi connectivity index (χ4v) is 1.56. The average molecular weight is 267 g/mol. The molecule has 19 heavy (non-hydrogen) atoms. The zero-order valence-corrected chi connectivity index (χ0v) is 12.1. The third-order valence-electron chi connectivity index (χ3n) is 3.26. The van der Waals surface area contributed by atoms with Crippen molar-refractivity contribution in [1.29, 1.82) is 0 Å². The van der Waals surface area contributed by atoms with Gasteiger partial charge in [-0.1, -0.05) is 6.92 Å². The van der Waals surface area contributed by atoms with Crippen LogP contribution in [0.3, 0.4) is 0 Å². The molecule has 0 saturated carbocycles. The molecule has 0 aliphatic carbocycles. The Morgan fingerprint density at radius 3 is 2.42 bits per heavy atom. The summed E-state index contributed by atoms with van der Waals surface area (Å²) in [6, 6.07) is 5.22. The molecular formula is C14H21NO4. The van der Waals surface area contributed by atoms with E-state index in [4.69, 9.17) is 14.2 Å². The fourth-order valence-electron chi connectivity index (χ4n) is 1.56. The van der Waals surface area contributed by atoms with Gasteiger partial charge < -0.3 is 19.5 Å². The predicted molar refractivity (Wildman–Crippen MR) is 73.9 cm³/mol. The second-order valence-corrected chi connectivity index (χ2v) is 4.31. The molecule has 0 heterocycles. The number of carbonyl (C=O) groups is 1. The first-order valence-corrected chi connectivity index (χ1v) is 6.09. The number of anilines is 1. The van der Waals surface area contributed by atoms with Gasteiger partial charge in [-0.25, -0.2) is 0 Å². The minimum Gasteiger partial charge on any atom is -0.497 e. The molecule has 0 bridgehead atoms. The molecular weight excluding hydrogens is 246 g/mol. The Labute approximate surface area is 113 Å². The number of ether oxygens (including phenoxy) is 3. The molecule has 0 spiro atoms. The maximum atomic E-state index is 12.2. The smallest absolute Gasteiger partial charge is 0.256 e. The molecule has 1 aromatic rings. The first kappa shape index (κ1) is 15.3. The van der Waals surface area contributed by atoms with E-state index in [-0.39, 0.29) is 5.91 Å². The van der Waals surface area contributed by atoms with Crippen LogP contribution >= 0.6 is 0 Å². The molecule has 0 saturated heterocycles. The third kappa shape index (κ3) is 3.38. The van der Waals surface area contributed by atoms with Crippen molar-refractivity contribution in [3.63, 3.8) is 0 Å². The number of hydrogen-bond donors (Lipinski definition) is 1. The summed E-state index contributed by atoms with van der Waals surface area (Å²) in [6.07, 6.45) is 0.571. The van der Waals surface area contributed by atoms with Gasteiger partial charge in [0.05, 0.1) is 19.9 Å². The maximum absolute atomic E-state index is 12.2. The van der Waals surface area contributed by atoms with Crippen LogP contribution in [0, 0.1) is 0 Å². The van der Waals surface area contributed by atoms with Crippen molar-refractivity contribution < 1.29 is 19.0 Å². The van der Waals surface area contributed by atoms with Gasteiger partial charge in [-0.3, -0.25) is 4.79 Å². The number of amides is 1. The minimum atomic E-state index is -0.867. The van der Waals surface area contributed by atoms with E-state index in [9.17, 15) is 4.79 Å². The van der Waals surface area contributed by atoms with Crippen molar-refractivity contribution in [2.45, 2.75) is 25.9 Å². The summed E-state index contributed by atoms with van der Waals surface area (Å²) in [4.78, 5) is 12.2. The summed E-state index contributed by atoms with van der Waals surface area (Å²) < 4.78 is 15.6. The van der Waals surface area contributed by atoms with Gasteiger partial charge in [0.25, 0.3) is 5.91 Å². The molecule has 1 aromatic carbocycles. The lowest BCUT2D eigenvalue weighted by atomic mass is 10.0. The van der Waals surface area contributed by atoms with Crippen molar-refractivity contribution in [2.24, 2.45) is 0 Å². The summed E-state index contributed by atoms with van der Waals surface area (Å²) in [5.41, 5.74) is -0.308. The van der Waals surface area contributed by atoms with Gasteiger partial charge in [-0.15, -0.1) is 0 Å². The summed E-state index contributed by atoms with van der Waals surface area (Å²) in [6.45, 7) is 3.64. The molecule has 5 nitrogen and oxygen atoms in total. The highest BCUT2D eigenvalue weighted by atomic mass is 16.5. The SMILES string of the molecule is CCC(C)(OC)C(=O)Nc1cc(OC)ccc1OC. The summed E-state index contributed by atoms with van der Waals surface area (Å²) >= 11 is 0. The first-order valence-electron chi connectivity index (χ1n) is 6.09. The molecule has 106 valence electrons. The number of methoxy groups -OCH3 is 3. The van der Waals surface area contributed by atoms with Crippen LogP contribution in [-0.2, 0) is 9.53 Å². The molecule has 0 fully saturated rings. The lowest BCUT2D eigenvalue weighted by Crippen LogP contribution is -2.41. The van der Waals surface area contributed by atoms with Crippen molar-refractivity contribution >= 4 is 11.6 Å². The van der Waals surface area contributed by atoms with E-state index >= 15 is 0 Å². The zero-order chi connectivity index (χ0) is 14.5. The van der Waals surface area contributed by atoms with E-state index in [1.54, 1.807) is 39.3 Å². The van der Waals surface area contributed by atoms with Crippen molar-refractivity contribution in [1.82, 2.24) is 0 Å². The van der Waals surface area contributed by atoms with Gasteiger partial charge in [0.1, 0.15) is 17.1 Å². The van der Waals surface area contributed by atoms with Crippen molar-refractivity contribution in [3.8, 4) is 11.5 Å². The predicted octanol–water partition coefficient (Wildman–Crippen LogP) is 2.46. The Kier molecular flexibility index (Phi) is 5.18. The van der Waals surface area contributed by atoms with Gasteiger partial charge in [0, 0.05) is 13.2 Å². The molecule has 1 amide bonds. The molecule has 0 aliphatic heterocycles. The molecule has 0 aliphatic rings. The summed E-state index contributed by atoms with van der Waals surface area (Å²) in [7, 11) is 4.64. The van der Waals surface area contributed by atoms with Crippen LogP contribution in [0.15, 0.2) is 18.2 Å². The van der Waals surface area contributed by atoms with Gasteiger partial charge in [-0.2, -0.15) is 0 Å². The highest BCUT2D eigenvalue weighted by molar-refractivity contribution is 5.98. The monoisotopic (exact) mass is 267 g/mol. The van der Waals surface area contributed by atoms with Crippen molar-refractivity contribution in [2.75, 3.05) is 26.6 Å². The average Bonchev–Trinajstić information content (AvgIpc) is 2.46. The van der Waals surface area contributed by atoms with Crippen LogP contribution in [0.5, 0.6) is 11.5 Å². The highest BCUT2D eigenvalue weighted by Gasteiger charge is 2.31. The van der Waals surface area contributed by atoms with E-state index < -0.39 is 5.60 Å². The number of benzene rings is 1. The summed E-state index contributed by atoms with van der Waals surface area (Å²) in [5.74, 6) is 1.000. The van der Waals surface area contributed by atoms with E-state index in [1.165, 1.54) is 7.11 Å². The second kappa shape index (κ2) is 6.43. The second-order valence-electron chi connectivity index (χ2n) is 4.31. The highest BCUT2D eigenvalue weighted by Crippen LogP contribution is 2.30. The van der Waals surface area contributed by atoms with Crippen molar-refractivity contribution in [3.05, 3.63) is 18.2 Å². The van der Waals surface area contributed by atoms with E-state index in [0.717, 1.165) is 0 Å². The fraction of sp³-hybridized carbons (Fsp3) is 0.500. The summed E-state index contributed by atoms with van der Waals surface area (Å²) in [5, 5.41) is 2.81. The van der Waals surface area contributed by atoms with Crippen LogP contribution in [0.25, 0.3) is 0 Å². The number of nitrogens with one attached hydrogen (secondary N) is 1. The molecule has 1 N–H and O–H groups in total. The quantitative estimate of drug-likeness (QED) is 0.860.